The molecule has 7 rings (SSSR count). The minimum Gasteiger partial charge on any atom is -0.0955 e. The minimum absolute atomic E-state index is 0.900. The lowest BCUT2D eigenvalue weighted by Crippen LogP contribution is -2.33. The lowest BCUT2D eigenvalue weighted by Gasteiger charge is -2.22. The van der Waals surface area contributed by atoms with Crippen LogP contribution in [-0.4, -0.2) is 0 Å². The summed E-state index contributed by atoms with van der Waals surface area (Å²) in [5, 5.41) is 5.18. The topological polar surface area (TPSA) is 0 Å². The molecule has 0 unspecified atom stereocenters. The van der Waals surface area contributed by atoms with Crippen LogP contribution in [0.25, 0.3) is 27.5 Å². The molecule has 0 heteroatoms. The molecule has 49 heavy (non-hydrogen) atoms. The second-order valence-corrected chi connectivity index (χ2v) is 12.3. The van der Waals surface area contributed by atoms with Gasteiger partial charge in [0.25, 0.3) is 0 Å². The fourth-order valence-corrected chi connectivity index (χ4v) is 6.39. The summed E-state index contributed by atoms with van der Waals surface area (Å²) in [5.41, 5.74) is 13.0. The quantitative estimate of drug-likeness (QED) is 0.171. The maximum atomic E-state index is 4.09. The zero-order valence-corrected chi connectivity index (χ0v) is 29.7. The predicted molar refractivity (Wildman–Crippen MR) is 215 cm³/mol. The highest BCUT2D eigenvalue weighted by Crippen LogP contribution is 2.32. The lowest BCUT2D eigenvalue weighted by atomic mass is 9.82. The fourth-order valence-electron chi connectivity index (χ4n) is 6.39. The third-order valence-electron chi connectivity index (χ3n) is 8.96. The van der Waals surface area contributed by atoms with Gasteiger partial charge in [-0.3, -0.25) is 0 Å². The molecule has 0 saturated carbocycles. The molecule has 244 valence electrons. The Labute approximate surface area is 293 Å². The minimum atomic E-state index is 0.900. The molecule has 0 spiro atoms. The van der Waals surface area contributed by atoms with Gasteiger partial charge in [-0.05, 0) is 111 Å². The van der Waals surface area contributed by atoms with Crippen LogP contribution in [0.3, 0.4) is 0 Å². The van der Waals surface area contributed by atoms with Crippen LogP contribution in [0.5, 0.6) is 0 Å². The van der Waals surface area contributed by atoms with Gasteiger partial charge in [0.15, 0.2) is 0 Å². The first-order valence-corrected chi connectivity index (χ1v) is 17.5. The summed E-state index contributed by atoms with van der Waals surface area (Å²) < 4.78 is 0. The van der Waals surface area contributed by atoms with Gasteiger partial charge < -0.3 is 0 Å². The zero-order chi connectivity index (χ0) is 34.6. The van der Waals surface area contributed by atoms with Crippen molar-refractivity contribution in [3.8, 4) is 0 Å². The molecule has 6 aromatic carbocycles. The third kappa shape index (κ3) is 8.53. The number of rotatable bonds is 6. The van der Waals surface area contributed by atoms with Gasteiger partial charge in [0, 0.05) is 0 Å². The van der Waals surface area contributed by atoms with Gasteiger partial charge in [-0.2, -0.15) is 0 Å². The van der Waals surface area contributed by atoms with E-state index in [9.17, 15) is 0 Å². The van der Waals surface area contributed by atoms with Crippen molar-refractivity contribution in [2.45, 2.75) is 47.5 Å². The molecular formula is C49H48. The average molecular weight is 637 g/mol. The van der Waals surface area contributed by atoms with Crippen LogP contribution < -0.4 is 10.4 Å². The SMILES string of the molecule is C=C(C)c1ccc(C2=c3ccccc3=C(c3ccc4ccccc4c3)C/C2=C\C=C/C)cc1.CC.Cc1ccccc1Cc1ccccc1. The van der Waals surface area contributed by atoms with Crippen LogP contribution in [0.2, 0.25) is 0 Å². The second kappa shape index (κ2) is 17.1. The zero-order valence-electron chi connectivity index (χ0n) is 29.7. The monoisotopic (exact) mass is 636 g/mol. The first-order chi connectivity index (χ1) is 24.0. The Morgan fingerprint density at radius 3 is 1.96 bits per heavy atom. The van der Waals surface area contributed by atoms with Gasteiger partial charge in [0.05, 0.1) is 0 Å². The van der Waals surface area contributed by atoms with Gasteiger partial charge in [0.1, 0.15) is 0 Å². The van der Waals surface area contributed by atoms with Crippen molar-refractivity contribution >= 4 is 27.5 Å². The Morgan fingerprint density at radius 2 is 1.27 bits per heavy atom. The summed E-state index contributed by atoms with van der Waals surface area (Å²) in [6.45, 7) is 14.4. The average Bonchev–Trinajstić information content (AvgIpc) is 3.16. The van der Waals surface area contributed by atoms with E-state index in [-0.39, 0.29) is 0 Å². The molecule has 0 nitrogen and oxygen atoms in total. The summed E-state index contributed by atoms with van der Waals surface area (Å²) >= 11 is 0. The van der Waals surface area contributed by atoms with Crippen molar-refractivity contribution in [1.29, 1.82) is 0 Å². The highest BCUT2D eigenvalue weighted by molar-refractivity contribution is 5.90. The third-order valence-corrected chi connectivity index (χ3v) is 8.96. The Kier molecular flexibility index (Phi) is 12.2. The lowest BCUT2D eigenvalue weighted by molar-refractivity contribution is 1.16. The van der Waals surface area contributed by atoms with Gasteiger partial charge in [-0.25, -0.2) is 0 Å². The second-order valence-electron chi connectivity index (χ2n) is 12.3. The molecule has 0 fully saturated rings. The summed E-state index contributed by atoms with van der Waals surface area (Å²) in [5.74, 6) is 0. The van der Waals surface area contributed by atoms with E-state index in [1.807, 2.05) is 13.8 Å². The number of allylic oxidation sites excluding steroid dienone is 5. The first-order valence-electron chi connectivity index (χ1n) is 17.5. The van der Waals surface area contributed by atoms with Crippen LogP contribution in [-0.2, 0) is 6.42 Å². The molecule has 0 N–H and O–H groups in total. The van der Waals surface area contributed by atoms with Crippen molar-refractivity contribution in [2.75, 3.05) is 0 Å². The highest BCUT2D eigenvalue weighted by atomic mass is 14.2. The van der Waals surface area contributed by atoms with Crippen LogP contribution in [0, 0.1) is 6.92 Å². The molecule has 0 aliphatic heterocycles. The summed E-state index contributed by atoms with van der Waals surface area (Å²) in [7, 11) is 0. The molecule has 0 radical (unpaired) electrons. The van der Waals surface area contributed by atoms with E-state index >= 15 is 0 Å². The van der Waals surface area contributed by atoms with Crippen molar-refractivity contribution < 1.29 is 0 Å². The van der Waals surface area contributed by atoms with Crippen LogP contribution in [0.4, 0.5) is 0 Å². The Hall–Kier alpha value is -5.46. The van der Waals surface area contributed by atoms with E-state index in [0.717, 1.165) is 18.4 Å². The summed E-state index contributed by atoms with van der Waals surface area (Å²) in [6.07, 6.45) is 8.47. The van der Waals surface area contributed by atoms with Crippen molar-refractivity contribution in [3.05, 3.63) is 220 Å². The maximum absolute atomic E-state index is 4.09. The molecule has 0 heterocycles. The van der Waals surface area contributed by atoms with Crippen molar-refractivity contribution in [1.82, 2.24) is 0 Å². The van der Waals surface area contributed by atoms with E-state index in [0.29, 0.717) is 0 Å². The molecule has 6 aromatic rings. The van der Waals surface area contributed by atoms with Gasteiger partial charge in [0.2, 0.25) is 0 Å². The van der Waals surface area contributed by atoms with E-state index in [1.165, 1.54) is 71.3 Å². The molecule has 0 atom stereocenters. The molecule has 1 aliphatic rings. The van der Waals surface area contributed by atoms with E-state index in [4.69, 9.17) is 0 Å². The van der Waals surface area contributed by atoms with Gasteiger partial charge in [-0.15, -0.1) is 0 Å². The van der Waals surface area contributed by atoms with E-state index < -0.39 is 0 Å². The first kappa shape index (κ1) is 34.9. The molecule has 1 aliphatic carbocycles. The highest BCUT2D eigenvalue weighted by Gasteiger charge is 2.19. The van der Waals surface area contributed by atoms with E-state index in [2.05, 4.69) is 191 Å². The normalized spacial score (nSPS) is 13.0. The Bertz CT molecular complexity index is 2210. The number of hydrogen-bond donors (Lipinski definition) is 0. The number of benzene rings is 6. The molecular weight excluding hydrogens is 589 g/mol. The molecule has 0 aromatic heterocycles. The smallest absolute Gasteiger partial charge is 0.000728 e. The van der Waals surface area contributed by atoms with Crippen LogP contribution >= 0.6 is 0 Å². The van der Waals surface area contributed by atoms with Crippen LogP contribution in [0.1, 0.15) is 67.5 Å². The molecule has 0 saturated heterocycles. The predicted octanol–water partition coefficient (Wildman–Crippen LogP) is 11.8. The van der Waals surface area contributed by atoms with Crippen LogP contribution in [0.15, 0.2) is 176 Å². The van der Waals surface area contributed by atoms with Gasteiger partial charge >= 0.3 is 0 Å². The Morgan fingerprint density at radius 1 is 0.653 bits per heavy atom. The van der Waals surface area contributed by atoms with Crippen molar-refractivity contribution in [3.63, 3.8) is 0 Å². The van der Waals surface area contributed by atoms with Crippen molar-refractivity contribution in [2.24, 2.45) is 0 Å². The number of aryl methyl sites for hydroxylation is 1. The summed E-state index contributed by atoms with van der Waals surface area (Å²) in [4.78, 5) is 0. The largest absolute Gasteiger partial charge is 0.0955 e. The summed E-state index contributed by atoms with van der Waals surface area (Å²) in [6, 6.07) is 52.3. The molecule has 0 bridgehead atoms. The van der Waals surface area contributed by atoms with Gasteiger partial charge in [-0.1, -0.05) is 184 Å². The Balaban J connectivity index is 0.000000244. The standard InChI is InChI=1S/C33H28.C14H14.C2H6/c1-4-5-10-29-22-32(28-20-17-25-11-6-7-12-27(25)21-28)30-13-8-9-14-31(30)33(29)26-18-15-24(16-19-26)23(2)3;1-12-7-5-6-10-14(12)11-13-8-3-2-4-9-13;1-2/h4-21H,2,22H2,1,3H3;2-10H,11H2,1H3;1-2H3/b5-4-,29-10+;;. The number of fused-ring (bicyclic) bond motifs is 2. The van der Waals surface area contributed by atoms with E-state index in [1.54, 1.807) is 0 Å². The molecule has 0 amide bonds. The maximum Gasteiger partial charge on any atom is -0.000728 e. The fraction of sp³-hybridized carbons (Fsp3) is 0.143. The number of hydrogen-bond acceptors (Lipinski definition) is 0.